The summed E-state index contributed by atoms with van der Waals surface area (Å²) in [6.45, 7) is 3.77. The molecular weight excluding hydrogens is 540 g/mol. The van der Waals surface area contributed by atoms with E-state index in [2.05, 4.69) is 10.3 Å². The number of fused-ring (bicyclic) bond motifs is 2. The summed E-state index contributed by atoms with van der Waals surface area (Å²) >= 11 is 5.66. The van der Waals surface area contributed by atoms with Crippen LogP contribution in [0.2, 0.25) is 5.02 Å². The van der Waals surface area contributed by atoms with Crippen LogP contribution < -0.4 is 10.9 Å². The van der Waals surface area contributed by atoms with Crippen molar-refractivity contribution < 1.29 is 18.7 Å². The van der Waals surface area contributed by atoms with Crippen LogP contribution in [0.5, 0.6) is 0 Å². The zero-order chi connectivity index (χ0) is 24.9. The molecule has 2 N–H and O–H groups in total. The van der Waals surface area contributed by atoms with Crippen molar-refractivity contribution >= 4 is 65.2 Å². The van der Waals surface area contributed by atoms with Gasteiger partial charge in [-0.05, 0) is 12.1 Å². The molecule has 4 aromatic rings. The van der Waals surface area contributed by atoms with Crippen molar-refractivity contribution in [2.45, 2.75) is 20.4 Å². The predicted molar refractivity (Wildman–Crippen MR) is 134 cm³/mol. The molecule has 0 fully saturated rings. The average Bonchev–Trinajstić information content (AvgIpc) is 3.38. The number of hydrogen-bond acceptors (Lipinski definition) is 4. The number of anilines is 1. The first-order valence-electron chi connectivity index (χ1n) is 10.7. The van der Waals surface area contributed by atoms with E-state index in [4.69, 9.17) is 16.3 Å². The van der Waals surface area contributed by atoms with Crippen LogP contribution in [0.25, 0.3) is 21.3 Å². The van der Waals surface area contributed by atoms with Crippen molar-refractivity contribution in [3.8, 4) is 0 Å². The number of hydrogen-bond donors (Lipinski definition) is 2. The molecule has 1 amide bonds. The SMILES string of the molecule is Cc1[nH]c(/C=C2\C(=O)Nc3cc(Cl)ccc32)c(C)c1C(=O)OCCn1[se]c2cc(F)ccc2c1=O. The topological polar surface area (TPSA) is 93.2 Å². The molecule has 0 saturated carbocycles. The predicted octanol–water partition coefficient (Wildman–Crippen LogP) is 4.15. The Hall–Kier alpha value is -3.39. The Morgan fingerprint density at radius 3 is 2.80 bits per heavy atom. The number of nitrogens with zero attached hydrogens (tertiary/aromatic N) is 1. The second-order valence-electron chi connectivity index (χ2n) is 8.14. The number of amides is 1. The van der Waals surface area contributed by atoms with Gasteiger partial charge in [0.1, 0.15) is 0 Å². The van der Waals surface area contributed by atoms with E-state index in [0.29, 0.717) is 48.4 Å². The fourth-order valence-electron chi connectivity index (χ4n) is 4.16. The molecule has 5 rings (SSSR count). The van der Waals surface area contributed by atoms with Crippen molar-refractivity contribution in [1.82, 2.24) is 8.55 Å². The summed E-state index contributed by atoms with van der Waals surface area (Å²) in [5, 5.41) is 3.81. The van der Waals surface area contributed by atoms with E-state index >= 15 is 0 Å². The van der Waals surface area contributed by atoms with Crippen LogP contribution in [-0.2, 0) is 16.1 Å². The Balaban J connectivity index is 1.34. The molecule has 0 bridgehead atoms. The summed E-state index contributed by atoms with van der Waals surface area (Å²) in [6.07, 6.45) is 1.70. The Labute approximate surface area is 210 Å². The van der Waals surface area contributed by atoms with Crippen LogP contribution in [0.1, 0.15) is 32.9 Å². The first-order valence-corrected chi connectivity index (χ1v) is 12.7. The van der Waals surface area contributed by atoms with E-state index < -0.39 is 5.97 Å². The fourth-order valence-corrected chi connectivity index (χ4v) is 6.44. The van der Waals surface area contributed by atoms with E-state index in [-0.39, 0.29) is 45.2 Å². The number of halogens is 2. The molecule has 0 aliphatic carbocycles. The van der Waals surface area contributed by atoms with Gasteiger partial charge >= 0.3 is 182 Å². The molecule has 10 heteroatoms. The molecule has 3 heterocycles. The molecule has 2 aromatic heterocycles. The normalized spacial score (nSPS) is 13.9. The number of aryl methyl sites for hydroxylation is 1. The fraction of sp³-hybridized carbons (Fsp3) is 0.160. The van der Waals surface area contributed by atoms with E-state index in [9.17, 15) is 18.8 Å². The molecule has 0 radical (unpaired) electrons. The number of aromatic amines is 1. The van der Waals surface area contributed by atoms with Crippen LogP contribution in [0.3, 0.4) is 0 Å². The van der Waals surface area contributed by atoms with Gasteiger partial charge in [0.2, 0.25) is 0 Å². The minimum absolute atomic E-state index is 0.0137. The van der Waals surface area contributed by atoms with Gasteiger partial charge < -0.3 is 0 Å². The van der Waals surface area contributed by atoms with Gasteiger partial charge in [0.25, 0.3) is 0 Å². The van der Waals surface area contributed by atoms with Crippen molar-refractivity contribution in [2.75, 3.05) is 11.9 Å². The van der Waals surface area contributed by atoms with Gasteiger partial charge in [-0.25, -0.2) is 0 Å². The van der Waals surface area contributed by atoms with Gasteiger partial charge in [-0.15, -0.1) is 0 Å². The van der Waals surface area contributed by atoms with Crippen molar-refractivity contribution in [3.05, 3.63) is 85.7 Å². The van der Waals surface area contributed by atoms with Crippen molar-refractivity contribution in [1.29, 1.82) is 0 Å². The molecule has 1 aliphatic heterocycles. The van der Waals surface area contributed by atoms with Gasteiger partial charge in [0.05, 0.1) is 0 Å². The third-order valence-corrected chi connectivity index (χ3v) is 8.42. The molecule has 0 spiro atoms. The number of esters is 1. The molecule has 2 aromatic carbocycles. The van der Waals surface area contributed by atoms with Crippen molar-refractivity contribution in [2.24, 2.45) is 0 Å². The first kappa shape index (κ1) is 23.4. The van der Waals surface area contributed by atoms with E-state index in [1.807, 2.05) is 0 Å². The summed E-state index contributed by atoms with van der Waals surface area (Å²) in [5.41, 5.74) is 3.92. The molecule has 35 heavy (non-hydrogen) atoms. The number of ether oxygens (including phenoxy) is 1. The van der Waals surface area contributed by atoms with Gasteiger partial charge in [0, 0.05) is 5.02 Å². The zero-order valence-corrected chi connectivity index (χ0v) is 21.2. The Morgan fingerprint density at radius 1 is 1.20 bits per heavy atom. The number of rotatable bonds is 5. The quantitative estimate of drug-likeness (QED) is 0.219. The number of carbonyl (C=O) groups excluding carboxylic acids is 2. The maximum absolute atomic E-state index is 13.5. The summed E-state index contributed by atoms with van der Waals surface area (Å²) in [5.74, 6) is -1.15. The third kappa shape index (κ3) is 4.27. The number of H-pyrrole nitrogens is 1. The van der Waals surface area contributed by atoms with Crippen LogP contribution in [0.15, 0.2) is 41.2 Å². The first-order chi connectivity index (χ1) is 16.7. The zero-order valence-electron chi connectivity index (χ0n) is 18.7. The summed E-state index contributed by atoms with van der Waals surface area (Å²) in [7, 11) is 0. The molecular formula is C25H19ClFN3O4Se. The van der Waals surface area contributed by atoms with Crippen LogP contribution in [-0.4, -0.2) is 41.8 Å². The maximum atomic E-state index is 13.5. The molecule has 1 aliphatic rings. The van der Waals surface area contributed by atoms with Crippen LogP contribution in [0.4, 0.5) is 10.1 Å². The van der Waals surface area contributed by atoms with Gasteiger partial charge in [0.15, 0.2) is 0 Å². The summed E-state index contributed by atoms with van der Waals surface area (Å²) in [6, 6.07) is 9.30. The second-order valence-corrected chi connectivity index (χ2v) is 10.8. The van der Waals surface area contributed by atoms with Crippen LogP contribution in [0, 0.1) is 19.7 Å². The van der Waals surface area contributed by atoms with Gasteiger partial charge in [-0.1, -0.05) is 11.6 Å². The standard InChI is InChI=1S/C25H19ClFN3O4Se/c1-12-19(11-18-16-5-3-14(26)9-20(16)29-23(18)31)28-13(2)22(12)25(33)34-8-7-30-24(32)17-6-4-15(27)10-21(17)35-30/h3-6,9-11,28H,7-8H2,1-2H3,(H,29,31)/b18-11-. The summed E-state index contributed by atoms with van der Waals surface area (Å²) < 4.78 is 21.2. The van der Waals surface area contributed by atoms with Crippen molar-refractivity contribution in [3.63, 3.8) is 0 Å². The van der Waals surface area contributed by atoms with Gasteiger partial charge in [-0.3, -0.25) is 0 Å². The Bertz CT molecular complexity index is 1610. The average molecular weight is 559 g/mol. The minimum atomic E-state index is -0.522. The second kappa shape index (κ2) is 9.00. The molecule has 0 atom stereocenters. The van der Waals surface area contributed by atoms with Crippen LogP contribution >= 0.6 is 11.6 Å². The Kier molecular flexibility index (Phi) is 6.00. The number of nitrogens with one attached hydrogen (secondary N) is 2. The molecule has 0 saturated heterocycles. The van der Waals surface area contributed by atoms with Gasteiger partial charge in [-0.2, -0.15) is 0 Å². The molecule has 7 nitrogen and oxygen atoms in total. The monoisotopic (exact) mass is 559 g/mol. The third-order valence-electron chi connectivity index (χ3n) is 5.87. The molecule has 0 unspecified atom stereocenters. The number of carbonyl (C=O) groups is 2. The van der Waals surface area contributed by atoms with E-state index in [1.54, 1.807) is 41.7 Å². The Morgan fingerprint density at radius 2 is 2.00 bits per heavy atom. The summed E-state index contributed by atoms with van der Waals surface area (Å²) in [4.78, 5) is 41.0. The van der Waals surface area contributed by atoms with E-state index in [0.717, 1.165) is 5.56 Å². The van der Waals surface area contributed by atoms with E-state index in [1.165, 1.54) is 18.2 Å². The number of benzene rings is 2. The number of aromatic nitrogens is 2. The molecule has 178 valence electrons.